The Bertz CT molecular complexity index is 740. The molecule has 1 aromatic rings. The van der Waals surface area contributed by atoms with Crippen molar-refractivity contribution in [3.05, 3.63) is 23.8 Å². The molecule has 0 radical (unpaired) electrons. The van der Waals surface area contributed by atoms with Crippen LogP contribution >= 0.6 is 0 Å². The lowest BCUT2D eigenvalue weighted by molar-refractivity contribution is 0.411. The Balaban J connectivity index is 1.95. The monoisotopic (exact) mass is 347 g/mol. The number of sulfone groups is 1. The van der Waals surface area contributed by atoms with E-state index in [0.717, 1.165) is 5.56 Å². The third kappa shape index (κ3) is 4.21. The van der Waals surface area contributed by atoms with Crippen LogP contribution in [0.3, 0.4) is 0 Å². The molecule has 1 aliphatic rings. The van der Waals surface area contributed by atoms with E-state index >= 15 is 0 Å². The first-order valence-electron chi connectivity index (χ1n) is 7.08. The number of benzene rings is 1. The predicted molar refractivity (Wildman–Crippen MR) is 84.3 cm³/mol. The summed E-state index contributed by atoms with van der Waals surface area (Å²) < 4.78 is 54.8. The van der Waals surface area contributed by atoms with Crippen LogP contribution in [0.4, 0.5) is 0 Å². The maximum absolute atomic E-state index is 12.2. The van der Waals surface area contributed by atoms with Gasteiger partial charge in [-0.05, 0) is 49.4 Å². The SMILES string of the molecule is COc1ccc(S(=O)(=O)NCCC2CCS(=O)(=O)C2)cc1C. The number of hydrogen-bond donors (Lipinski definition) is 1. The Kier molecular flexibility index (Phi) is 5.14. The fourth-order valence-corrected chi connectivity index (χ4v) is 5.64. The summed E-state index contributed by atoms with van der Waals surface area (Å²) in [5, 5.41) is 0. The Morgan fingerprint density at radius 2 is 2.09 bits per heavy atom. The quantitative estimate of drug-likeness (QED) is 0.832. The molecule has 1 aliphatic heterocycles. The van der Waals surface area contributed by atoms with E-state index in [1.165, 1.54) is 13.2 Å². The summed E-state index contributed by atoms with van der Waals surface area (Å²) in [6.45, 7) is 2.02. The molecule has 0 saturated carbocycles. The fourth-order valence-electron chi connectivity index (χ4n) is 2.60. The molecule has 6 nitrogen and oxygen atoms in total. The van der Waals surface area contributed by atoms with E-state index in [0.29, 0.717) is 18.6 Å². The van der Waals surface area contributed by atoms with Gasteiger partial charge in [0.25, 0.3) is 0 Å². The first-order chi connectivity index (χ1) is 10.2. The molecule has 0 amide bonds. The molecule has 22 heavy (non-hydrogen) atoms. The average molecular weight is 347 g/mol. The van der Waals surface area contributed by atoms with Gasteiger partial charge in [0.2, 0.25) is 10.0 Å². The van der Waals surface area contributed by atoms with Crippen LogP contribution in [0.15, 0.2) is 23.1 Å². The van der Waals surface area contributed by atoms with Crippen LogP contribution in [0.2, 0.25) is 0 Å². The van der Waals surface area contributed by atoms with Crippen molar-refractivity contribution < 1.29 is 21.6 Å². The van der Waals surface area contributed by atoms with Gasteiger partial charge < -0.3 is 4.74 Å². The molecule has 8 heteroatoms. The second-order valence-electron chi connectivity index (χ2n) is 5.59. The molecule has 0 aromatic heterocycles. The van der Waals surface area contributed by atoms with Crippen molar-refractivity contribution in [3.8, 4) is 5.75 Å². The molecule has 2 rings (SSSR count). The third-order valence-electron chi connectivity index (χ3n) is 3.85. The molecule has 124 valence electrons. The predicted octanol–water partition coefficient (Wildman–Crippen LogP) is 1.11. The first kappa shape index (κ1) is 17.2. The molecule has 1 unspecified atom stereocenters. The van der Waals surface area contributed by atoms with Crippen molar-refractivity contribution in [3.63, 3.8) is 0 Å². The molecular formula is C14H21NO5S2. The number of aryl methyl sites for hydroxylation is 1. The van der Waals surface area contributed by atoms with Gasteiger partial charge in [0, 0.05) is 6.54 Å². The van der Waals surface area contributed by atoms with E-state index in [9.17, 15) is 16.8 Å². The zero-order chi connectivity index (χ0) is 16.4. The standard InChI is InChI=1S/C14H21NO5S2/c1-11-9-13(3-4-14(11)20-2)22(18,19)15-7-5-12-6-8-21(16,17)10-12/h3-4,9,12,15H,5-8,10H2,1-2H3. The van der Waals surface area contributed by atoms with Gasteiger partial charge in [0.15, 0.2) is 9.84 Å². The highest BCUT2D eigenvalue weighted by Crippen LogP contribution is 2.23. The van der Waals surface area contributed by atoms with Crippen molar-refractivity contribution in [2.24, 2.45) is 5.92 Å². The van der Waals surface area contributed by atoms with Crippen molar-refractivity contribution in [1.29, 1.82) is 0 Å². The second-order valence-corrected chi connectivity index (χ2v) is 9.58. The maximum atomic E-state index is 12.2. The minimum absolute atomic E-state index is 0.0466. The van der Waals surface area contributed by atoms with Crippen molar-refractivity contribution in [2.75, 3.05) is 25.2 Å². The number of rotatable bonds is 6. The van der Waals surface area contributed by atoms with Gasteiger partial charge in [-0.25, -0.2) is 21.6 Å². The summed E-state index contributed by atoms with van der Waals surface area (Å²) in [6, 6.07) is 4.67. The Morgan fingerprint density at radius 3 is 2.64 bits per heavy atom. The van der Waals surface area contributed by atoms with Crippen molar-refractivity contribution >= 4 is 19.9 Å². The molecule has 0 aliphatic carbocycles. The summed E-state index contributed by atoms with van der Waals surface area (Å²) >= 11 is 0. The first-order valence-corrected chi connectivity index (χ1v) is 10.4. The zero-order valence-electron chi connectivity index (χ0n) is 12.7. The van der Waals surface area contributed by atoms with E-state index in [1.54, 1.807) is 19.1 Å². The van der Waals surface area contributed by atoms with Gasteiger partial charge in [0.1, 0.15) is 5.75 Å². The second kappa shape index (κ2) is 6.55. The number of ether oxygens (including phenoxy) is 1. The van der Waals surface area contributed by atoms with Gasteiger partial charge in [-0.3, -0.25) is 0 Å². The molecular weight excluding hydrogens is 326 g/mol. The molecule has 1 heterocycles. The van der Waals surface area contributed by atoms with Crippen molar-refractivity contribution in [1.82, 2.24) is 4.72 Å². The molecule has 1 fully saturated rings. The maximum Gasteiger partial charge on any atom is 0.240 e. The average Bonchev–Trinajstić information content (AvgIpc) is 2.78. The molecule has 1 aromatic carbocycles. The summed E-state index contributed by atoms with van der Waals surface area (Å²) in [5.41, 5.74) is 0.743. The van der Waals surface area contributed by atoms with Gasteiger partial charge >= 0.3 is 0 Å². The topological polar surface area (TPSA) is 89.5 Å². The Morgan fingerprint density at radius 1 is 1.36 bits per heavy atom. The largest absolute Gasteiger partial charge is 0.496 e. The Labute approximate surface area is 131 Å². The number of methoxy groups -OCH3 is 1. The summed E-state index contributed by atoms with van der Waals surface area (Å²) in [7, 11) is -4.97. The molecule has 1 N–H and O–H groups in total. The Hall–Kier alpha value is -1.12. The van der Waals surface area contributed by atoms with Gasteiger partial charge in [-0.2, -0.15) is 0 Å². The molecule has 0 bridgehead atoms. The van der Waals surface area contributed by atoms with E-state index < -0.39 is 19.9 Å². The number of hydrogen-bond acceptors (Lipinski definition) is 5. The molecule has 1 atom stereocenters. The van der Waals surface area contributed by atoms with E-state index in [-0.39, 0.29) is 28.9 Å². The smallest absolute Gasteiger partial charge is 0.240 e. The van der Waals surface area contributed by atoms with Gasteiger partial charge in [0.05, 0.1) is 23.5 Å². The molecule has 0 spiro atoms. The van der Waals surface area contributed by atoms with Crippen LogP contribution in [-0.4, -0.2) is 42.0 Å². The van der Waals surface area contributed by atoms with E-state index in [2.05, 4.69) is 4.72 Å². The van der Waals surface area contributed by atoms with Crippen LogP contribution in [0.1, 0.15) is 18.4 Å². The summed E-state index contributed by atoms with van der Waals surface area (Å²) in [6.07, 6.45) is 1.15. The number of nitrogens with one attached hydrogen (secondary N) is 1. The van der Waals surface area contributed by atoms with Crippen LogP contribution in [0.5, 0.6) is 5.75 Å². The van der Waals surface area contributed by atoms with Crippen LogP contribution in [0, 0.1) is 12.8 Å². The summed E-state index contributed by atoms with van der Waals surface area (Å²) in [4.78, 5) is 0.185. The summed E-state index contributed by atoms with van der Waals surface area (Å²) in [5.74, 6) is 1.05. The highest BCUT2D eigenvalue weighted by molar-refractivity contribution is 7.91. The van der Waals surface area contributed by atoms with E-state index in [1.807, 2.05) is 0 Å². The molecule has 1 saturated heterocycles. The highest BCUT2D eigenvalue weighted by Gasteiger charge is 2.27. The highest BCUT2D eigenvalue weighted by atomic mass is 32.2. The minimum atomic E-state index is -3.58. The fraction of sp³-hybridized carbons (Fsp3) is 0.571. The van der Waals surface area contributed by atoms with Gasteiger partial charge in [-0.1, -0.05) is 0 Å². The zero-order valence-corrected chi connectivity index (χ0v) is 14.3. The van der Waals surface area contributed by atoms with Crippen LogP contribution in [0.25, 0.3) is 0 Å². The number of sulfonamides is 1. The lowest BCUT2D eigenvalue weighted by Crippen LogP contribution is -2.26. The van der Waals surface area contributed by atoms with Gasteiger partial charge in [-0.15, -0.1) is 0 Å². The third-order valence-corrected chi connectivity index (χ3v) is 7.14. The van der Waals surface area contributed by atoms with Crippen molar-refractivity contribution in [2.45, 2.75) is 24.7 Å². The van der Waals surface area contributed by atoms with E-state index in [4.69, 9.17) is 4.74 Å². The lowest BCUT2D eigenvalue weighted by atomic mass is 10.1. The normalized spacial score (nSPS) is 20.9. The minimum Gasteiger partial charge on any atom is -0.496 e. The van der Waals surface area contributed by atoms with Crippen LogP contribution in [-0.2, 0) is 19.9 Å². The lowest BCUT2D eigenvalue weighted by Gasteiger charge is -2.11. The van der Waals surface area contributed by atoms with Crippen LogP contribution < -0.4 is 9.46 Å².